The lowest BCUT2D eigenvalue weighted by molar-refractivity contribution is 0.0248. The second-order valence-electron chi connectivity index (χ2n) is 4.40. The van der Waals surface area contributed by atoms with E-state index in [-0.39, 0.29) is 0 Å². The molecule has 22 heavy (non-hydrogen) atoms. The van der Waals surface area contributed by atoms with Crippen molar-refractivity contribution in [1.29, 1.82) is 0 Å². The Bertz CT molecular complexity index is 631. The fourth-order valence-corrected chi connectivity index (χ4v) is 1.87. The highest BCUT2D eigenvalue weighted by atomic mass is 16.7. The van der Waals surface area contributed by atoms with Gasteiger partial charge in [-0.3, -0.25) is 0 Å². The molecule has 0 aliphatic carbocycles. The van der Waals surface area contributed by atoms with Crippen molar-refractivity contribution in [1.82, 2.24) is 0 Å². The first-order chi connectivity index (χ1) is 10.7. The Labute approximate surface area is 129 Å². The maximum absolute atomic E-state index is 11.9. The molecule has 0 N–H and O–H groups in total. The highest BCUT2D eigenvalue weighted by Crippen LogP contribution is 2.21. The summed E-state index contributed by atoms with van der Waals surface area (Å²) in [5, 5.41) is 0. The Morgan fingerprint density at radius 3 is 1.45 bits per heavy atom. The molecule has 2 unspecified atom stereocenters. The van der Waals surface area contributed by atoms with Gasteiger partial charge in [-0.1, -0.05) is 72.5 Å². The summed E-state index contributed by atoms with van der Waals surface area (Å²) in [5.41, 5.74) is 1.39. The molecule has 0 aliphatic heterocycles. The fourth-order valence-electron chi connectivity index (χ4n) is 1.87. The van der Waals surface area contributed by atoms with Crippen LogP contribution in [0.4, 0.5) is 4.79 Å². The zero-order valence-electron chi connectivity index (χ0n) is 11.8. The van der Waals surface area contributed by atoms with E-state index in [0.717, 1.165) is 0 Å². The lowest BCUT2D eigenvalue weighted by Gasteiger charge is -2.16. The van der Waals surface area contributed by atoms with Gasteiger partial charge in [0.15, 0.2) is 12.2 Å². The first-order valence-electron chi connectivity index (χ1n) is 6.64. The van der Waals surface area contributed by atoms with E-state index in [1.165, 1.54) is 0 Å². The van der Waals surface area contributed by atoms with Crippen LogP contribution < -0.4 is 0 Å². The average molecular weight is 290 g/mol. The van der Waals surface area contributed by atoms with Crippen molar-refractivity contribution in [2.75, 3.05) is 0 Å². The van der Waals surface area contributed by atoms with E-state index in [4.69, 9.17) is 22.3 Å². The van der Waals surface area contributed by atoms with E-state index in [1.807, 2.05) is 36.4 Å². The van der Waals surface area contributed by atoms with Gasteiger partial charge < -0.3 is 9.47 Å². The van der Waals surface area contributed by atoms with Crippen LogP contribution in [0.25, 0.3) is 0 Å². The molecule has 0 aromatic heterocycles. The van der Waals surface area contributed by atoms with Gasteiger partial charge in [-0.2, -0.15) is 0 Å². The SMILES string of the molecule is C#CC(OC(=O)OC(C#C)c1ccccc1)c1ccccc1. The minimum absolute atomic E-state index is 0.693. The van der Waals surface area contributed by atoms with E-state index < -0.39 is 18.4 Å². The third kappa shape index (κ3) is 3.91. The molecular formula is C19H14O3. The highest BCUT2D eigenvalue weighted by molar-refractivity contribution is 5.62. The molecule has 0 radical (unpaired) electrons. The van der Waals surface area contributed by atoms with Crippen LogP contribution in [0.3, 0.4) is 0 Å². The van der Waals surface area contributed by atoms with Crippen molar-refractivity contribution in [3.8, 4) is 24.7 Å². The molecule has 0 heterocycles. The van der Waals surface area contributed by atoms with Crippen LogP contribution in [0, 0.1) is 24.7 Å². The van der Waals surface area contributed by atoms with Crippen molar-refractivity contribution in [2.45, 2.75) is 12.2 Å². The molecule has 3 heteroatoms. The molecule has 2 aromatic carbocycles. The van der Waals surface area contributed by atoms with Crippen molar-refractivity contribution < 1.29 is 14.3 Å². The van der Waals surface area contributed by atoms with E-state index in [9.17, 15) is 4.79 Å². The van der Waals surface area contributed by atoms with Gasteiger partial charge in [0.1, 0.15) is 0 Å². The zero-order chi connectivity index (χ0) is 15.8. The van der Waals surface area contributed by atoms with E-state index in [0.29, 0.717) is 11.1 Å². The van der Waals surface area contributed by atoms with Crippen molar-refractivity contribution in [3.63, 3.8) is 0 Å². The van der Waals surface area contributed by atoms with Gasteiger partial charge in [-0.15, -0.1) is 12.8 Å². The minimum Gasteiger partial charge on any atom is -0.413 e. The molecule has 0 saturated heterocycles. The molecule has 2 atom stereocenters. The van der Waals surface area contributed by atoms with Crippen molar-refractivity contribution in [3.05, 3.63) is 71.8 Å². The molecule has 0 bridgehead atoms. The van der Waals surface area contributed by atoms with E-state index in [1.54, 1.807) is 24.3 Å². The van der Waals surface area contributed by atoms with Gasteiger partial charge in [0.25, 0.3) is 0 Å². The predicted molar refractivity (Wildman–Crippen MR) is 83.6 cm³/mol. The number of ether oxygens (including phenoxy) is 2. The summed E-state index contributed by atoms with van der Waals surface area (Å²) in [6.45, 7) is 0. The molecule has 0 amide bonds. The number of hydrogen-bond acceptors (Lipinski definition) is 3. The first-order valence-corrected chi connectivity index (χ1v) is 6.64. The smallest absolute Gasteiger partial charge is 0.413 e. The Kier molecular flexibility index (Phi) is 5.24. The molecular weight excluding hydrogens is 276 g/mol. The maximum atomic E-state index is 11.9. The normalized spacial score (nSPS) is 12.3. The lowest BCUT2D eigenvalue weighted by atomic mass is 10.1. The molecule has 0 aliphatic rings. The lowest BCUT2D eigenvalue weighted by Crippen LogP contribution is -2.14. The van der Waals surface area contributed by atoms with E-state index >= 15 is 0 Å². The fraction of sp³-hybridized carbons (Fsp3) is 0.105. The topological polar surface area (TPSA) is 35.5 Å². The summed E-state index contributed by atoms with van der Waals surface area (Å²) in [6, 6.07) is 18.0. The molecule has 2 aromatic rings. The third-order valence-corrected chi connectivity index (χ3v) is 2.94. The number of hydrogen-bond donors (Lipinski definition) is 0. The van der Waals surface area contributed by atoms with Crippen LogP contribution in [-0.4, -0.2) is 6.16 Å². The number of carbonyl (C=O) groups excluding carboxylic acids is 1. The van der Waals surface area contributed by atoms with Crippen LogP contribution in [0.2, 0.25) is 0 Å². The third-order valence-electron chi connectivity index (χ3n) is 2.94. The molecule has 0 saturated carbocycles. The minimum atomic E-state index is -0.904. The largest absolute Gasteiger partial charge is 0.511 e. The van der Waals surface area contributed by atoms with Crippen molar-refractivity contribution in [2.24, 2.45) is 0 Å². The molecule has 2 rings (SSSR count). The zero-order valence-corrected chi connectivity index (χ0v) is 11.8. The van der Waals surface area contributed by atoms with Crippen LogP contribution in [-0.2, 0) is 9.47 Å². The van der Waals surface area contributed by atoms with E-state index in [2.05, 4.69) is 11.8 Å². The molecule has 108 valence electrons. The summed E-state index contributed by atoms with van der Waals surface area (Å²) >= 11 is 0. The van der Waals surface area contributed by atoms with Gasteiger partial charge in [0, 0.05) is 11.1 Å². The van der Waals surface area contributed by atoms with Gasteiger partial charge in [-0.25, -0.2) is 4.79 Å². The standard InChI is InChI=1S/C19H14O3/c1-3-17(15-11-7-5-8-12-15)21-19(20)22-18(4-2)16-13-9-6-10-14-16/h1-2,5-14,17-18H. The maximum Gasteiger partial charge on any atom is 0.511 e. The number of benzene rings is 2. The summed E-state index contributed by atoms with van der Waals surface area (Å²) in [4.78, 5) is 11.9. The van der Waals surface area contributed by atoms with Crippen LogP contribution in [0.5, 0.6) is 0 Å². The Hall–Kier alpha value is -3.17. The molecule has 3 nitrogen and oxygen atoms in total. The predicted octanol–water partition coefficient (Wildman–Crippen LogP) is 3.89. The van der Waals surface area contributed by atoms with Crippen LogP contribution >= 0.6 is 0 Å². The second kappa shape index (κ2) is 7.57. The van der Waals surface area contributed by atoms with Crippen molar-refractivity contribution >= 4 is 6.16 Å². The Balaban J connectivity index is 2.03. The number of rotatable bonds is 4. The summed E-state index contributed by atoms with van der Waals surface area (Å²) < 4.78 is 10.3. The summed E-state index contributed by atoms with van der Waals surface area (Å²) in [6.07, 6.45) is 8.27. The Morgan fingerprint density at radius 1 is 0.773 bits per heavy atom. The average Bonchev–Trinajstić information content (AvgIpc) is 2.59. The monoisotopic (exact) mass is 290 g/mol. The van der Waals surface area contributed by atoms with Gasteiger partial charge in [-0.05, 0) is 0 Å². The van der Waals surface area contributed by atoms with Gasteiger partial charge in [0.2, 0.25) is 0 Å². The summed E-state index contributed by atoms with van der Waals surface area (Å²) in [7, 11) is 0. The quantitative estimate of drug-likeness (QED) is 0.633. The van der Waals surface area contributed by atoms with Crippen LogP contribution in [0.15, 0.2) is 60.7 Å². The van der Waals surface area contributed by atoms with Crippen LogP contribution in [0.1, 0.15) is 23.3 Å². The molecule has 0 fully saturated rings. The highest BCUT2D eigenvalue weighted by Gasteiger charge is 2.19. The van der Waals surface area contributed by atoms with Gasteiger partial charge >= 0.3 is 6.16 Å². The Morgan fingerprint density at radius 2 is 1.14 bits per heavy atom. The molecule has 0 spiro atoms. The second-order valence-corrected chi connectivity index (χ2v) is 4.40. The summed E-state index contributed by atoms with van der Waals surface area (Å²) in [5.74, 6) is 4.81. The number of terminal acetylenes is 2. The first kappa shape index (κ1) is 15.2. The van der Waals surface area contributed by atoms with Gasteiger partial charge in [0.05, 0.1) is 0 Å². The number of carbonyl (C=O) groups is 1.